The van der Waals surface area contributed by atoms with E-state index in [0.29, 0.717) is 0 Å². The van der Waals surface area contributed by atoms with E-state index in [-0.39, 0.29) is 6.79 Å². The van der Waals surface area contributed by atoms with Crippen LogP contribution < -0.4 is 9.47 Å². The molecule has 22 heavy (non-hydrogen) atoms. The summed E-state index contributed by atoms with van der Waals surface area (Å²) in [6.45, 7) is 12.5. The number of rotatable bonds is 4. The fourth-order valence-electron chi connectivity index (χ4n) is 1.20. The Balaban J connectivity index is 0. The van der Waals surface area contributed by atoms with Gasteiger partial charge in [-0.1, -0.05) is 84.4 Å². The van der Waals surface area contributed by atoms with Crippen molar-refractivity contribution in [2.45, 2.75) is 48.0 Å². The smallest absolute Gasteiger partial charge is 0.230 e. The van der Waals surface area contributed by atoms with Gasteiger partial charge in [-0.25, -0.2) is 0 Å². The Morgan fingerprint density at radius 2 is 0.864 bits per heavy atom. The molecule has 0 saturated heterocycles. The minimum absolute atomic E-state index is 0.230. The molecule has 2 aromatic carbocycles. The highest BCUT2D eigenvalue weighted by atomic mass is 16.7. The van der Waals surface area contributed by atoms with Gasteiger partial charge in [0.15, 0.2) is 0 Å². The van der Waals surface area contributed by atoms with Crippen LogP contribution in [0, 0.1) is 0 Å². The van der Waals surface area contributed by atoms with E-state index in [1.165, 1.54) is 6.42 Å². The molecular weight excluding hydrogens is 272 g/mol. The second-order valence-electron chi connectivity index (χ2n) is 3.74. The van der Waals surface area contributed by atoms with E-state index in [0.717, 1.165) is 11.5 Å². The molecule has 0 aromatic heterocycles. The number of ether oxygens (including phenoxy) is 2. The molecule has 2 aromatic rings. The van der Waals surface area contributed by atoms with Crippen molar-refractivity contribution in [1.82, 2.24) is 0 Å². The SMILES string of the molecule is CC.CC.CCC.c1ccc(OCOc2ccccc2)cc1. The summed E-state index contributed by atoms with van der Waals surface area (Å²) in [5, 5.41) is 0. The molecule has 0 spiro atoms. The van der Waals surface area contributed by atoms with Crippen molar-refractivity contribution in [3.8, 4) is 11.5 Å². The second kappa shape index (κ2) is 19.0. The molecule has 0 unspecified atom stereocenters. The Labute approximate surface area is 137 Å². The molecule has 0 amide bonds. The van der Waals surface area contributed by atoms with Crippen molar-refractivity contribution in [2.24, 2.45) is 0 Å². The minimum Gasteiger partial charge on any atom is -0.458 e. The van der Waals surface area contributed by atoms with Crippen LogP contribution in [-0.2, 0) is 0 Å². The summed E-state index contributed by atoms with van der Waals surface area (Å²) in [4.78, 5) is 0. The van der Waals surface area contributed by atoms with Gasteiger partial charge in [-0.15, -0.1) is 0 Å². The van der Waals surface area contributed by atoms with Crippen LogP contribution in [0.2, 0.25) is 0 Å². The first kappa shape index (κ1) is 22.3. The molecule has 0 aliphatic heterocycles. The Morgan fingerprint density at radius 3 is 1.14 bits per heavy atom. The first-order chi connectivity index (χ1) is 10.9. The zero-order valence-corrected chi connectivity index (χ0v) is 15.0. The van der Waals surface area contributed by atoms with Crippen molar-refractivity contribution in [2.75, 3.05) is 6.79 Å². The van der Waals surface area contributed by atoms with Crippen LogP contribution >= 0.6 is 0 Å². The standard InChI is InChI=1S/C13H12O2.C3H8.2C2H6/c1-3-7-12(8-4-1)14-11-15-13-9-5-2-6-10-13;1-3-2;2*1-2/h1-10H,11H2;3H2,1-2H3;2*1-2H3. The van der Waals surface area contributed by atoms with Gasteiger partial charge < -0.3 is 9.47 Å². The lowest BCUT2D eigenvalue weighted by molar-refractivity contribution is 0.120. The van der Waals surface area contributed by atoms with Crippen molar-refractivity contribution >= 4 is 0 Å². The molecule has 2 rings (SSSR count). The van der Waals surface area contributed by atoms with Crippen LogP contribution in [0.25, 0.3) is 0 Å². The molecule has 0 saturated carbocycles. The maximum absolute atomic E-state index is 5.39. The average molecular weight is 304 g/mol. The van der Waals surface area contributed by atoms with E-state index in [1.807, 2.05) is 88.4 Å². The average Bonchev–Trinajstić information content (AvgIpc) is 2.61. The highest BCUT2D eigenvalue weighted by molar-refractivity contribution is 5.22. The van der Waals surface area contributed by atoms with Gasteiger partial charge in [0.25, 0.3) is 0 Å². The van der Waals surface area contributed by atoms with Gasteiger partial charge in [-0.05, 0) is 24.3 Å². The van der Waals surface area contributed by atoms with Gasteiger partial charge in [0, 0.05) is 0 Å². The van der Waals surface area contributed by atoms with Crippen LogP contribution in [0.4, 0.5) is 0 Å². The molecule has 0 fully saturated rings. The van der Waals surface area contributed by atoms with E-state index < -0.39 is 0 Å². The van der Waals surface area contributed by atoms with Crippen LogP contribution in [-0.4, -0.2) is 6.79 Å². The summed E-state index contributed by atoms with van der Waals surface area (Å²) in [5.41, 5.74) is 0. The maximum atomic E-state index is 5.39. The number of hydrogen-bond acceptors (Lipinski definition) is 2. The Kier molecular flexibility index (Phi) is 19.3. The van der Waals surface area contributed by atoms with Gasteiger partial charge in [-0.3, -0.25) is 0 Å². The zero-order chi connectivity index (χ0) is 17.1. The lowest BCUT2D eigenvalue weighted by Crippen LogP contribution is -2.05. The predicted octanol–water partition coefficient (Wildman–Crippen LogP) is 6.57. The number of para-hydroxylation sites is 2. The number of hydrogen-bond donors (Lipinski definition) is 0. The Bertz CT molecular complexity index is 359. The fraction of sp³-hybridized carbons (Fsp3) is 0.400. The third-order valence-electron chi connectivity index (χ3n) is 1.94. The topological polar surface area (TPSA) is 18.5 Å². The molecule has 2 nitrogen and oxygen atoms in total. The molecule has 0 aliphatic carbocycles. The van der Waals surface area contributed by atoms with Gasteiger partial charge in [0.1, 0.15) is 11.5 Å². The Hall–Kier alpha value is -1.96. The molecule has 0 atom stereocenters. The highest BCUT2D eigenvalue weighted by Crippen LogP contribution is 2.11. The van der Waals surface area contributed by atoms with Crippen LogP contribution in [0.1, 0.15) is 48.0 Å². The van der Waals surface area contributed by atoms with Gasteiger partial charge >= 0.3 is 0 Å². The second-order valence-corrected chi connectivity index (χ2v) is 3.74. The minimum atomic E-state index is 0.230. The van der Waals surface area contributed by atoms with Crippen molar-refractivity contribution in [1.29, 1.82) is 0 Å². The van der Waals surface area contributed by atoms with Gasteiger partial charge in [0.05, 0.1) is 0 Å². The van der Waals surface area contributed by atoms with Gasteiger partial charge in [0.2, 0.25) is 6.79 Å². The van der Waals surface area contributed by atoms with Crippen molar-refractivity contribution < 1.29 is 9.47 Å². The summed E-state index contributed by atoms with van der Waals surface area (Å²) >= 11 is 0. The molecule has 0 radical (unpaired) electrons. The molecule has 0 heterocycles. The first-order valence-corrected chi connectivity index (χ1v) is 8.22. The van der Waals surface area contributed by atoms with Gasteiger partial charge in [-0.2, -0.15) is 0 Å². The van der Waals surface area contributed by atoms with E-state index in [4.69, 9.17) is 9.47 Å². The number of benzene rings is 2. The van der Waals surface area contributed by atoms with Crippen LogP contribution in [0.5, 0.6) is 11.5 Å². The maximum Gasteiger partial charge on any atom is 0.230 e. The normalized spacial score (nSPS) is 7.91. The van der Waals surface area contributed by atoms with Crippen LogP contribution in [0.3, 0.4) is 0 Å². The molecule has 0 aliphatic rings. The Morgan fingerprint density at radius 1 is 0.591 bits per heavy atom. The monoisotopic (exact) mass is 304 g/mol. The molecule has 124 valence electrons. The van der Waals surface area contributed by atoms with Crippen LogP contribution in [0.15, 0.2) is 60.7 Å². The lowest BCUT2D eigenvalue weighted by atomic mass is 10.3. The third kappa shape index (κ3) is 13.0. The summed E-state index contributed by atoms with van der Waals surface area (Å²) in [7, 11) is 0. The van der Waals surface area contributed by atoms with E-state index in [9.17, 15) is 0 Å². The molecule has 0 bridgehead atoms. The lowest BCUT2D eigenvalue weighted by Gasteiger charge is -2.07. The van der Waals surface area contributed by atoms with Crippen molar-refractivity contribution in [3.63, 3.8) is 0 Å². The largest absolute Gasteiger partial charge is 0.458 e. The molecular formula is C20H32O2. The van der Waals surface area contributed by atoms with E-state index >= 15 is 0 Å². The molecule has 0 N–H and O–H groups in total. The fourth-order valence-corrected chi connectivity index (χ4v) is 1.20. The summed E-state index contributed by atoms with van der Waals surface area (Å²) < 4.78 is 10.8. The van der Waals surface area contributed by atoms with Crippen molar-refractivity contribution in [3.05, 3.63) is 60.7 Å². The van der Waals surface area contributed by atoms with E-state index in [2.05, 4.69) is 13.8 Å². The predicted molar refractivity (Wildman–Crippen MR) is 97.7 cm³/mol. The highest BCUT2D eigenvalue weighted by Gasteiger charge is 1.92. The third-order valence-corrected chi connectivity index (χ3v) is 1.94. The summed E-state index contributed by atoms with van der Waals surface area (Å²) in [5.74, 6) is 1.63. The molecule has 2 heteroatoms. The zero-order valence-electron chi connectivity index (χ0n) is 15.0. The first-order valence-electron chi connectivity index (χ1n) is 8.22. The summed E-state index contributed by atoms with van der Waals surface area (Å²) in [6, 6.07) is 19.2. The quantitative estimate of drug-likeness (QED) is 0.595. The van der Waals surface area contributed by atoms with E-state index in [1.54, 1.807) is 0 Å². The summed E-state index contributed by atoms with van der Waals surface area (Å²) in [6.07, 6.45) is 1.25.